The monoisotopic (exact) mass is 691 g/mol. The molecule has 49 heavy (non-hydrogen) atoms. The number of nitrogens with zero attached hydrogens (tertiary/aromatic N) is 1. The molecule has 2 heteroatoms. The minimum absolute atomic E-state index is 0.0264. The average molecular weight is 691 g/mol. The van der Waals surface area contributed by atoms with E-state index in [0.29, 0.717) is 0 Å². The summed E-state index contributed by atoms with van der Waals surface area (Å²) in [6, 6.07) is 60.9. The number of rotatable bonds is 4. The molecule has 1 nitrogen and oxygen atoms in total. The number of fused-ring (bicyclic) bond motifs is 10. The van der Waals surface area contributed by atoms with E-state index in [9.17, 15) is 0 Å². The van der Waals surface area contributed by atoms with Gasteiger partial charge in [0.25, 0.3) is 0 Å². The summed E-state index contributed by atoms with van der Waals surface area (Å²) in [5, 5.41) is 8.17. The van der Waals surface area contributed by atoms with Crippen LogP contribution in [0.3, 0.4) is 0 Å². The molecule has 232 valence electrons. The van der Waals surface area contributed by atoms with Crippen molar-refractivity contribution < 1.29 is 0 Å². The third-order valence-corrected chi connectivity index (χ3v) is 13.1. The standard InChI is InChI=1S/C47H33NSe/c1-47(2)42-15-9-8-14-38(42)41-28-35(24-27-43(41)47)48(34-21-18-31(19-22-34)30-10-4-3-5-11-30)36-23-26-39-40-25-20-33-17-16-32-12-6-7-13-37(32)45(33)46(40)49-44(39)29-36/h3-29H,1-2H3. The van der Waals surface area contributed by atoms with Crippen LogP contribution in [0.15, 0.2) is 164 Å². The van der Waals surface area contributed by atoms with Gasteiger partial charge in [0.05, 0.1) is 0 Å². The van der Waals surface area contributed by atoms with Crippen LogP contribution >= 0.6 is 0 Å². The van der Waals surface area contributed by atoms with Gasteiger partial charge in [-0.1, -0.05) is 0 Å². The van der Waals surface area contributed by atoms with Crippen molar-refractivity contribution in [2.45, 2.75) is 19.3 Å². The van der Waals surface area contributed by atoms with Crippen LogP contribution in [-0.4, -0.2) is 14.5 Å². The molecule has 0 radical (unpaired) electrons. The SMILES string of the molecule is CC1(C)c2ccccc2-c2cc(N(c3ccc(-c4ccccc4)cc3)c3ccc4c(c3)[se]c3c4ccc4ccc5ccccc5c43)ccc21. The molecule has 0 amide bonds. The van der Waals surface area contributed by atoms with Crippen molar-refractivity contribution in [1.82, 2.24) is 0 Å². The number of hydrogen-bond acceptors (Lipinski definition) is 1. The van der Waals surface area contributed by atoms with Gasteiger partial charge >= 0.3 is 294 Å². The second-order valence-electron chi connectivity index (χ2n) is 13.8. The fourth-order valence-electron chi connectivity index (χ4n) is 8.18. The Balaban J connectivity index is 1.18. The second kappa shape index (κ2) is 10.8. The Bertz CT molecular complexity index is 2730. The first kappa shape index (κ1) is 28.6. The fourth-order valence-corrected chi connectivity index (χ4v) is 10.9. The molecule has 1 aliphatic carbocycles. The van der Waals surface area contributed by atoms with E-state index in [1.807, 2.05) is 0 Å². The Labute approximate surface area is 292 Å². The molecule has 10 rings (SSSR count). The van der Waals surface area contributed by atoms with Gasteiger partial charge in [0.15, 0.2) is 0 Å². The van der Waals surface area contributed by atoms with Gasteiger partial charge in [0.2, 0.25) is 0 Å². The summed E-state index contributed by atoms with van der Waals surface area (Å²) in [7, 11) is 0. The predicted octanol–water partition coefficient (Wildman–Crippen LogP) is 12.8. The summed E-state index contributed by atoms with van der Waals surface area (Å²) in [5.41, 5.74) is 11.4. The van der Waals surface area contributed by atoms with Gasteiger partial charge in [-0.15, -0.1) is 0 Å². The van der Waals surface area contributed by atoms with E-state index in [1.165, 1.54) is 85.6 Å². The summed E-state index contributed by atoms with van der Waals surface area (Å²) >= 11 is 0.189. The Morgan fingerprint density at radius 2 is 1.08 bits per heavy atom. The topological polar surface area (TPSA) is 3.24 Å². The van der Waals surface area contributed by atoms with E-state index in [4.69, 9.17) is 0 Å². The number of hydrogen-bond donors (Lipinski definition) is 0. The fraction of sp³-hybridized carbons (Fsp3) is 0.0638. The van der Waals surface area contributed by atoms with E-state index in [-0.39, 0.29) is 19.9 Å². The molecule has 0 saturated heterocycles. The van der Waals surface area contributed by atoms with Gasteiger partial charge in [-0.2, -0.15) is 0 Å². The van der Waals surface area contributed by atoms with Gasteiger partial charge in [0, 0.05) is 0 Å². The molecule has 9 aromatic rings. The van der Waals surface area contributed by atoms with Crippen molar-refractivity contribution in [1.29, 1.82) is 0 Å². The van der Waals surface area contributed by atoms with Crippen molar-refractivity contribution in [3.63, 3.8) is 0 Å². The maximum atomic E-state index is 2.46. The van der Waals surface area contributed by atoms with Crippen molar-refractivity contribution in [2.75, 3.05) is 4.90 Å². The zero-order chi connectivity index (χ0) is 32.7. The molecular formula is C47H33NSe. The van der Waals surface area contributed by atoms with Crippen LogP contribution in [0.5, 0.6) is 0 Å². The molecule has 0 atom stereocenters. The summed E-state index contributed by atoms with van der Waals surface area (Å²) < 4.78 is 2.95. The van der Waals surface area contributed by atoms with Crippen LogP contribution in [0.1, 0.15) is 25.0 Å². The molecule has 0 spiro atoms. The zero-order valence-electron chi connectivity index (χ0n) is 27.4. The number of benzene rings is 8. The summed E-state index contributed by atoms with van der Waals surface area (Å²) in [6.07, 6.45) is 0. The van der Waals surface area contributed by atoms with E-state index in [2.05, 4.69) is 183 Å². The summed E-state index contributed by atoms with van der Waals surface area (Å²) in [4.78, 5) is 2.45. The van der Waals surface area contributed by atoms with E-state index >= 15 is 0 Å². The third kappa shape index (κ3) is 4.38. The summed E-state index contributed by atoms with van der Waals surface area (Å²) in [5.74, 6) is 0. The van der Waals surface area contributed by atoms with Crippen molar-refractivity contribution >= 4 is 72.4 Å². The Hall–Kier alpha value is -5.40. The molecule has 0 saturated carbocycles. The molecule has 0 bridgehead atoms. The van der Waals surface area contributed by atoms with Crippen molar-refractivity contribution in [2.24, 2.45) is 0 Å². The average Bonchev–Trinajstić information content (AvgIpc) is 3.64. The van der Waals surface area contributed by atoms with Crippen LogP contribution in [0.4, 0.5) is 17.1 Å². The number of anilines is 3. The minimum atomic E-state index is -0.0264. The molecule has 8 aromatic carbocycles. The van der Waals surface area contributed by atoms with Crippen LogP contribution in [0, 0.1) is 0 Å². The Morgan fingerprint density at radius 1 is 0.449 bits per heavy atom. The van der Waals surface area contributed by atoms with E-state index in [0.717, 1.165) is 5.69 Å². The van der Waals surface area contributed by atoms with Gasteiger partial charge in [-0.25, -0.2) is 0 Å². The van der Waals surface area contributed by atoms with Crippen molar-refractivity contribution in [3.05, 3.63) is 175 Å². The summed E-state index contributed by atoms with van der Waals surface area (Å²) in [6.45, 7) is 4.70. The second-order valence-corrected chi connectivity index (χ2v) is 16.0. The van der Waals surface area contributed by atoms with Crippen molar-refractivity contribution in [3.8, 4) is 22.3 Å². The molecule has 0 fully saturated rings. The third-order valence-electron chi connectivity index (χ3n) is 10.6. The molecule has 0 unspecified atom stereocenters. The van der Waals surface area contributed by atoms with Crippen LogP contribution in [0.25, 0.3) is 63.1 Å². The molecule has 1 heterocycles. The van der Waals surface area contributed by atoms with Gasteiger partial charge < -0.3 is 0 Å². The Kier molecular flexibility index (Phi) is 6.31. The van der Waals surface area contributed by atoms with Crippen LogP contribution in [0.2, 0.25) is 0 Å². The van der Waals surface area contributed by atoms with E-state index < -0.39 is 0 Å². The predicted molar refractivity (Wildman–Crippen MR) is 211 cm³/mol. The molecular weight excluding hydrogens is 657 g/mol. The first-order valence-electron chi connectivity index (χ1n) is 17.0. The first-order valence-corrected chi connectivity index (χ1v) is 18.7. The quantitative estimate of drug-likeness (QED) is 0.131. The van der Waals surface area contributed by atoms with Crippen LogP contribution in [-0.2, 0) is 5.41 Å². The van der Waals surface area contributed by atoms with E-state index in [1.54, 1.807) is 0 Å². The van der Waals surface area contributed by atoms with Crippen LogP contribution < -0.4 is 4.90 Å². The first-order chi connectivity index (χ1) is 24.0. The molecule has 1 aliphatic rings. The Morgan fingerprint density at radius 3 is 1.96 bits per heavy atom. The molecule has 0 N–H and O–H groups in total. The maximum absolute atomic E-state index is 2.46. The molecule has 0 aliphatic heterocycles. The van der Waals surface area contributed by atoms with Gasteiger partial charge in [0.1, 0.15) is 0 Å². The molecule has 1 aromatic heterocycles. The normalized spacial score (nSPS) is 13.3. The zero-order valence-corrected chi connectivity index (χ0v) is 29.2. The van der Waals surface area contributed by atoms with Gasteiger partial charge in [-0.05, 0) is 0 Å². The van der Waals surface area contributed by atoms with Gasteiger partial charge in [-0.3, -0.25) is 0 Å².